The van der Waals surface area contributed by atoms with Gasteiger partial charge in [-0.05, 0) is 47.2 Å². The first kappa shape index (κ1) is 9.31. The number of rotatable bonds is 1. The fraction of sp³-hybridized carbons (Fsp3) is 0.125. The molecule has 0 saturated heterocycles. The van der Waals surface area contributed by atoms with Gasteiger partial charge in [0.1, 0.15) is 0 Å². The largest absolute Gasteiger partial charge is 0.478 e. The van der Waals surface area contributed by atoms with Gasteiger partial charge in [-0.3, -0.25) is 0 Å². The first-order chi connectivity index (χ1) is 5.52. The summed E-state index contributed by atoms with van der Waals surface area (Å²) >= 11 is 2.00. The lowest BCUT2D eigenvalue weighted by molar-refractivity contribution is 0.0695. The maximum absolute atomic E-state index is 10.7. The minimum Gasteiger partial charge on any atom is -0.478 e. The fourth-order valence-electron chi connectivity index (χ4n) is 0.953. The molecule has 0 unspecified atom stereocenters. The highest BCUT2D eigenvalue weighted by atomic mass is 127. The molecule has 3 nitrogen and oxygen atoms in total. The standard InChI is InChI=1S/C8H8INO2/c1-4-2-5(10)3-6(7(4)9)8(11)12/h2-3H,10H2,1H3,(H,11,12). The van der Waals surface area contributed by atoms with E-state index in [1.807, 2.05) is 29.5 Å². The Hall–Kier alpha value is -0.780. The zero-order chi connectivity index (χ0) is 9.30. The molecule has 4 heteroatoms. The van der Waals surface area contributed by atoms with Crippen molar-refractivity contribution in [1.29, 1.82) is 0 Å². The highest BCUT2D eigenvalue weighted by Gasteiger charge is 2.10. The molecule has 0 aliphatic heterocycles. The Morgan fingerprint density at radius 2 is 2.17 bits per heavy atom. The van der Waals surface area contributed by atoms with Gasteiger partial charge >= 0.3 is 5.97 Å². The summed E-state index contributed by atoms with van der Waals surface area (Å²) in [6, 6.07) is 3.23. The summed E-state index contributed by atoms with van der Waals surface area (Å²) < 4.78 is 0.745. The van der Waals surface area contributed by atoms with Crippen LogP contribution in [0.4, 0.5) is 5.69 Å². The van der Waals surface area contributed by atoms with Gasteiger partial charge in [0, 0.05) is 9.26 Å². The monoisotopic (exact) mass is 277 g/mol. The number of aromatic carboxylic acids is 1. The van der Waals surface area contributed by atoms with Crippen molar-refractivity contribution in [3.05, 3.63) is 26.8 Å². The van der Waals surface area contributed by atoms with Crippen molar-refractivity contribution in [1.82, 2.24) is 0 Å². The predicted molar refractivity (Wildman–Crippen MR) is 55.3 cm³/mol. The Kier molecular flexibility index (Phi) is 2.56. The molecule has 0 aliphatic carbocycles. The molecule has 1 aromatic carbocycles. The number of aryl methyl sites for hydroxylation is 1. The van der Waals surface area contributed by atoms with Crippen LogP contribution >= 0.6 is 22.6 Å². The van der Waals surface area contributed by atoms with Gasteiger partial charge in [0.15, 0.2) is 0 Å². The second kappa shape index (κ2) is 3.30. The van der Waals surface area contributed by atoms with Crippen molar-refractivity contribution in [2.24, 2.45) is 0 Å². The lowest BCUT2D eigenvalue weighted by Gasteiger charge is -2.04. The third kappa shape index (κ3) is 1.69. The summed E-state index contributed by atoms with van der Waals surface area (Å²) in [5.74, 6) is -0.935. The smallest absolute Gasteiger partial charge is 0.336 e. The van der Waals surface area contributed by atoms with Crippen LogP contribution in [0.5, 0.6) is 0 Å². The molecule has 12 heavy (non-hydrogen) atoms. The number of nitrogens with two attached hydrogens (primary N) is 1. The normalized spacial score (nSPS) is 9.83. The van der Waals surface area contributed by atoms with Gasteiger partial charge in [0.25, 0.3) is 0 Å². The maximum atomic E-state index is 10.7. The van der Waals surface area contributed by atoms with E-state index in [2.05, 4.69) is 0 Å². The molecule has 64 valence electrons. The topological polar surface area (TPSA) is 63.3 Å². The van der Waals surface area contributed by atoms with E-state index in [-0.39, 0.29) is 5.56 Å². The minimum atomic E-state index is -0.935. The van der Waals surface area contributed by atoms with Crippen LogP contribution in [0.25, 0.3) is 0 Å². The fourth-order valence-corrected chi connectivity index (χ4v) is 1.50. The third-order valence-corrected chi connectivity index (χ3v) is 2.94. The van der Waals surface area contributed by atoms with Crippen molar-refractivity contribution in [2.75, 3.05) is 5.73 Å². The Labute approximate surface area is 83.7 Å². The number of benzene rings is 1. The van der Waals surface area contributed by atoms with Gasteiger partial charge in [0.2, 0.25) is 0 Å². The molecule has 0 radical (unpaired) electrons. The van der Waals surface area contributed by atoms with Crippen LogP contribution in [-0.4, -0.2) is 11.1 Å². The summed E-state index contributed by atoms with van der Waals surface area (Å²) in [4.78, 5) is 10.7. The molecule has 0 heterocycles. The van der Waals surface area contributed by atoms with E-state index in [0.717, 1.165) is 9.13 Å². The molecule has 0 saturated carbocycles. The van der Waals surface area contributed by atoms with Crippen molar-refractivity contribution < 1.29 is 9.90 Å². The van der Waals surface area contributed by atoms with E-state index in [4.69, 9.17) is 10.8 Å². The number of hydrogen-bond acceptors (Lipinski definition) is 2. The Morgan fingerprint density at radius 1 is 1.58 bits per heavy atom. The van der Waals surface area contributed by atoms with Crippen molar-refractivity contribution in [2.45, 2.75) is 6.92 Å². The minimum absolute atomic E-state index is 0.271. The molecule has 3 N–H and O–H groups in total. The van der Waals surface area contributed by atoms with E-state index >= 15 is 0 Å². The second-order valence-electron chi connectivity index (χ2n) is 2.50. The summed E-state index contributed by atoms with van der Waals surface area (Å²) in [7, 11) is 0. The number of nitrogen functional groups attached to an aromatic ring is 1. The number of carbonyl (C=O) groups is 1. The lowest BCUT2D eigenvalue weighted by Crippen LogP contribution is -2.02. The summed E-state index contributed by atoms with van der Waals surface area (Å²) in [6.07, 6.45) is 0. The summed E-state index contributed by atoms with van der Waals surface area (Å²) in [6.45, 7) is 1.84. The lowest BCUT2D eigenvalue weighted by atomic mass is 10.1. The van der Waals surface area contributed by atoms with Crippen LogP contribution in [0.1, 0.15) is 15.9 Å². The molecule has 0 spiro atoms. The van der Waals surface area contributed by atoms with E-state index in [9.17, 15) is 4.79 Å². The SMILES string of the molecule is Cc1cc(N)cc(C(=O)O)c1I. The van der Waals surface area contributed by atoms with E-state index in [1.165, 1.54) is 6.07 Å². The van der Waals surface area contributed by atoms with Gasteiger partial charge in [0.05, 0.1) is 5.56 Å². The summed E-state index contributed by atoms with van der Waals surface area (Å²) in [5.41, 5.74) is 7.16. The average molecular weight is 277 g/mol. The Morgan fingerprint density at radius 3 is 2.67 bits per heavy atom. The highest BCUT2D eigenvalue weighted by molar-refractivity contribution is 14.1. The number of anilines is 1. The molecule has 0 atom stereocenters. The van der Waals surface area contributed by atoms with Gasteiger partial charge in [-0.25, -0.2) is 4.79 Å². The van der Waals surface area contributed by atoms with Crippen molar-refractivity contribution >= 4 is 34.2 Å². The highest BCUT2D eigenvalue weighted by Crippen LogP contribution is 2.20. The Bertz CT molecular complexity index is 336. The van der Waals surface area contributed by atoms with Crippen LogP contribution in [0, 0.1) is 10.5 Å². The van der Waals surface area contributed by atoms with Crippen LogP contribution in [-0.2, 0) is 0 Å². The predicted octanol–water partition coefficient (Wildman–Crippen LogP) is 1.88. The first-order valence-corrected chi connectivity index (χ1v) is 4.39. The number of hydrogen-bond donors (Lipinski definition) is 2. The molecule has 0 aromatic heterocycles. The molecule has 0 aliphatic rings. The maximum Gasteiger partial charge on any atom is 0.336 e. The molecule has 1 rings (SSSR count). The van der Waals surface area contributed by atoms with Crippen LogP contribution in [0.2, 0.25) is 0 Å². The van der Waals surface area contributed by atoms with Crippen LogP contribution < -0.4 is 5.73 Å². The molecule has 0 bridgehead atoms. The second-order valence-corrected chi connectivity index (χ2v) is 3.58. The zero-order valence-corrected chi connectivity index (χ0v) is 8.62. The molecule has 1 aromatic rings. The van der Waals surface area contributed by atoms with Gasteiger partial charge < -0.3 is 10.8 Å². The Balaban J connectivity index is 3.37. The molecular weight excluding hydrogens is 269 g/mol. The summed E-state index contributed by atoms with van der Waals surface area (Å²) in [5, 5.41) is 8.75. The van der Waals surface area contributed by atoms with Crippen molar-refractivity contribution in [3.8, 4) is 0 Å². The first-order valence-electron chi connectivity index (χ1n) is 3.31. The number of carboxylic acid groups (broad SMARTS) is 1. The van der Waals surface area contributed by atoms with E-state index in [0.29, 0.717) is 5.69 Å². The zero-order valence-electron chi connectivity index (χ0n) is 6.47. The van der Waals surface area contributed by atoms with Gasteiger partial charge in [-0.2, -0.15) is 0 Å². The average Bonchev–Trinajstić information content (AvgIpc) is 1.96. The van der Waals surface area contributed by atoms with Gasteiger partial charge in [-0.1, -0.05) is 0 Å². The van der Waals surface area contributed by atoms with E-state index in [1.54, 1.807) is 6.07 Å². The third-order valence-electron chi connectivity index (χ3n) is 1.51. The molecule has 0 fully saturated rings. The quantitative estimate of drug-likeness (QED) is 0.608. The molecule has 0 amide bonds. The van der Waals surface area contributed by atoms with Crippen molar-refractivity contribution in [3.63, 3.8) is 0 Å². The van der Waals surface area contributed by atoms with Crippen LogP contribution in [0.15, 0.2) is 12.1 Å². The van der Waals surface area contributed by atoms with Crippen LogP contribution in [0.3, 0.4) is 0 Å². The van der Waals surface area contributed by atoms with Gasteiger partial charge in [-0.15, -0.1) is 0 Å². The molecular formula is C8H8INO2. The van der Waals surface area contributed by atoms with E-state index < -0.39 is 5.97 Å². The number of halogens is 1. The number of carboxylic acids is 1.